The largest absolute Gasteiger partial charge is 0.535 e. The molecule has 5 heteroatoms. The Bertz CT molecular complexity index is 370. The van der Waals surface area contributed by atoms with Crippen LogP contribution in [0.4, 0.5) is 0 Å². The van der Waals surface area contributed by atoms with E-state index in [9.17, 15) is 0 Å². The average molecular weight is 223 g/mol. The van der Waals surface area contributed by atoms with Crippen LogP contribution in [0.2, 0.25) is 0 Å². The van der Waals surface area contributed by atoms with E-state index < -0.39 is 7.12 Å². The summed E-state index contributed by atoms with van der Waals surface area (Å²) in [7, 11) is -0.446. The first-order chi connectivity index (χ1) is 7.36. The first kappa shape index (κ1) is 11.7. The lowest BCUT2D eigenvalue weighted by Gasteiger charge is -2.32. The first-order valence-corrected chi connectivity index (χ1v) is 5.67. The van der Waals surface area contributed by atoms with Crippen LogP contribution in [-0.4, -0.2) is 23.5 Å². The van der Waals surface area contributed by atoms with Crippen molar-refractivity contribution in [2.24, 2.45) is 0 Å². The summed E-state index contributed by atoms with van der Waals surface area (Å²) in [5.74, 6) is 0. The standard InChI is InChI=1S/C11H18BNO3/c1-6-8-7-9(14-13-8)12-15-10(2,3)11(4,5)16-12/h7H,6H2,1-5H3. The van der Waals surface area contributed by atoms with Gasteiger partial charge in [0.2, 0.25) is 0 Å². The highest BCUT2D eigenvalue weighted by Gasteiger charge is 2.53. The van der Waals surface area contributed by atoms with Gasteiger partial charge >= 0.3 is 7.12 Å². The highest BCUT2D eigenvalue weighted by atomic mass is 16.7. The molecule has 1 aliphatic heterocycles. The van der Waals surface area contributed by atoms with Crippen LogP contribution in [0.15, 0.2) is 10.6 Å². The molecule has 0 aliphatic carbocycles. The molecule has 2 rings (SSSR count). The van der Waals surface area contributed by atoms with Gasteiger partial charge in [0, 0.05) is 6.07 Å². The number of hydrogen-bond acceptors (Lipinski definition) is 4. The number of aromatic nitrogens is 1. The Morgan fingerprint density at radius 3 is 2.19 bits per heavy atom. The molecule has 0 radical (unpaired) electrons. The molecular weight excluding hydrogens is 205 g/mol. The fourth-order valence-electron chi connectivity index (χ4n) is 1.57. The van der Waals surface area contributed by atoms with Gasteiger partial charge in [-0.1, -0.05) is 12.1 Å². The average Bonchev–Trinajstić information content (AvgIpc) is 2.70. The van der Waals surface area contributed by atoms with Crippen LogP contribution in [-0.2, 0) is 15.7 Å². The Kier molecular flexibility index (Phi) is 2.63. The van der Waals surface area contributed by atoms with Crippen LogP contribution >= 0.6 is 0 Å². The summed E-state index contributed by atoms with van der Waals surface area (Å²) in [4.78, 5) is 0. The molecule has 1 aliphatic rings. The van der Waals surface area contributed by atoms with Crippen molar-refractivity contribution in [2.45, 2.75) is 52.2 Å². The monoisotopic (exact) mass is 223 g/mol. The Hall–Kier alpha value is -0.805. The van der Waals surface area contributed by atoms with Gasteiger partial charge in [-0.3, -0.25) is 0 Å². The third-order valence-electron chi connectivity index (χ3n) is 3.42. The summed E-state index contributed by atoms with van der Waals surface area (Å²) >= 11 is 0. The van der Waals surface area contributed by atoms with Crippen LogP contribution in [0.5, 0.6) is 0 Å². The topological polar surface area (TPSA) is 44.5 Å². The van der Waals surface area contributed by atoms with Gasteiger partial charge in [-0.15, -0.1) is 0 Å². The van der Waals surface area contributed by atoms with E-state index in [1.807, 2.05) is 40.7 Å². The van der Waals surface area contributed by atoms with Gasteiger partial charge in [0.15, 0.2) is 5.66 Å². The van der Waals surface area contributed by atoms with Gasteiger partial charge in [0.1, 0.15) is 0 Å². The zero-order valence-electron chi connectivity index (χ0n) is 10.5. The molecule has 1 saturated heterocycles. The van der Waals surface area contributed by atoms with Crippen LogP contribution in [0.25, 0.3) is 0 Å². The second kappa shape index (κ2) is 3.60. The van der Waals surface area contributed by atoms with E-state index in [4.69, 9.17) is 13.8 Å². The fourth-order valence-corrected chi connectivity index (χ4v) is 1.57. The summed E-state index contributed by atoms with van der Waals surface area (Å²) in [6.45, 7) is 10.1. The normalized spacial score (nSPS) is 22.7. The molecule has 1 fully saturated rings. The molecule has 0 unspecified atom stereocenters. The lowest BCUT2D eigenvalue weighted by molar-refractivity contribution is 0.00578. The Labute approximate surface area is 96.4 Å². The van der Waals surface area contributed by atoms with Crippen molar-refractivity contribution in [3.63, 3.8) is 0 Å². The van der Waals surface area contributed by atoms with Crippen LogP contribution in [0.1, 0.15) is 40.3 Å². The molecule has 0 bridgehead atoms. The van der Waals surface area contributed by atoms with Crippen LogP contribution in [0.3, 0.4) is 0 Å². The van der Waals surface area contributed by atoms with Gasteiger partial charge in [-0.25, -0.2) is 0 Å². The molecule has 1 aromatic heterocycles. The van der Waals surface area contributed by atoms with Crippen molar-refractivity contribution < 1.29 is 13.8 Å². The quantitative estimate of drug-likeness (QED) is 0.713. The van der Waals surface area contributed by atoms with Crippen molar-refractivity contribution in [3.8, 4) is 0 Å². The fraction of sp³-hybridized carbons (Fsp3) is 0.727. The molecule has 16 heavy (non-hydrogen) atoms. The third-order valence-corrected chi connectivity index (χ3v) is 3.42. The Balaban J connectivity index is 2.20. The number of aryl methyl sites for hydroxylation is 1. The van der Waals surface area contributed by atoms with Crippen LogP contribution < -0.4 is 5.66 Å². The van der Waals surface area contributed by atoms with Gasteiger partial charge in [0.25, 0.3) is 0 Å². The van der Waals surface area contributed by atoms with Gasteiger partial charge in [-0.05, 0) is 34.1 Å². The molecule has 4 nitrogen and oxygen atoms in total. The lowest BCUT2D eigenvalue weighted by atomic mass is 9.86. The lowest BCUT2D eigenvalue weighted by Crippen LogP contribution is -2.41. The molecule has 0 atom stereocenters. The number of nitrogens with zero attached hydrogens (tertiary/aromatic N) is 1. The van der Waals surface area contributed by atoms with Gasteiger partial charge < -0.3 is 13.8 Å². The molecule has 0 saturated carbocycles. The molecule has 0 amide bonds. The second-order valence-electron chi connectivity index (χ2n) is 5.16. The van der Waals surface area contributed by atoms with E-state index in [0.29, 0.717) is 5.66 Å². The van der Waals surface area contributed by atoms with Crippen molar-refractivity contribution in [1.82, 2.24) is 5.16 Å². The summed E-state index contributed by atoms with van der Waals surface area (Å²) in [5.41, 5.74) is 0.897. The second-order valence-corrected chi connectivity index (χ2v) is 5.16. The van der Waals surface area contributed by atoms with E-state index in [2.05, 4.69) is 5.16 Å². The molecule has 0 N–H and O–H groups in total. The van der Waals surface area contributed by atoms with E-state index >= 15 is 0 Å². The van der Waals surface area contributed by atoms with Crippen molar-refractivity contribution in [2.75, 3.05) is 0 Å². The predicted molar refractivity (Wildman–Crippen MR) is 61.6 cm³/mol. The zero-order valence-corrected chi connectivity index (χ0v) is 10.5. The molecule has 0 spiro atoms. The highest BCUT2D eigenvalue weighted by molar-refractivity contribution is 6.60. The van der Waals surface area contributed by atoms with Crippen molar-refractivity contribution in [3.05, 3.63) is 11.8 Å². The SMILES string of the molecule is CCc1cc(B2OC(C)(C)C(C)(C)O2)on1. The molecule has 2 heterocycles. The highest BCUT2D eigenvalue weighted by Crippen LogP contribution is 2.36. The smallest absolute Gasteiger partial charge is 0.397 e. The van der Waals surface area contributed by atoms with Crippen molar-refractivity contribution in [1.29, 1.82) is 0 Å². The van der Waals surface area contributed by atoms with Gasteiger partial charge in [-0.2, -0.15) is 0 Å². The van der Waals surface area contributed by atoms with Crippen molar-refractivity contribution >= 4 is 12.8 Å². The first-order valence-electron chi connectivity index (χ1n) is 5.67. The molecule has 88 valence electrons. The Morgan fingerprint density at radius 1 is 1.19 bits per heavy atom. The Morgan fingerprint density at radius 2 is 1.75 bits per heavy atom. The van der Waals surface area contributed by atoms with E-state index in [1.54, 1.807) is 0 Å². The minimum Gasteiger partial charge on any atom is -0.397 e. The van der Waals surface area contributed by atoms with E-state index in [-0.39, 0.29) is 11.2 Å². The zero-order chi connectivity index (χ0) is 12.0. The minimum absolute atomic E-state index is 0.336. The van der Waals surface area contributed by atoms with Crippen LogP contribution in [0, 0.1) is 0 Å². The molecule has 1 aromatic rings. The molecular formula is C11H18BNO3. The van der Waals surface area contributed by atoms with Gasteiger partial charge in [0.05, 0.1) is 16.9 Å². The maximum Gasteiger partial charge on any atom is 0.535 e. The summed E-state index contributed by atoms with van der Waals surface area (Å²) < 4.78 is 16.9. The summed E-state index contributed by atoms with van der Waals surface area (Å²) in [6.07, 6.45) is 0.850. The maximum absolute atomic E-state index is 5.85. The number of rotatable bonds is 2. The van der Waals surface area contributed by atoms with E-state index in [1.165, 1.54) is 0 Å². The summed E-state index contributed by atoms with van der Waals surface area (Å²) in [6, 6.07) is 1.89. The minimum atomic E-state index is -0.446. The van der Waals surface area contributed by atoms with E-state index in [0.717, 1.165) is 12.1 Å². The predicted octanol–water partition coefficient (Wildman–Crippen LogP) is 1.54. The number of hydrogen-bond donors (Lipinski definition) is 0. The summed E-state index contributed by atoms with van der Waals surface area (Å²) in [5, 5.41) is 3.94. The third kappa shape index (κ3) is 1.78. The molecule has 0 aromatic carbocycles. The maximum atomic E-state index is 5.85.